The zero-order valence-electron chi connectivity index (χ0n) is 9.75. The van der Waals surface area contributed by atoms with Gasteiger partial charge in [-0.2, -0.15) is 0 Å². The molecule has 4 nitrogen and oxygen atoms in total. The van der Waals surface area contributed by atoms with Gasteiger partial charge < -0.3 is 5.11 Å². The zero-order valence-corrected chi connectivity index (χ0v) is 11.4. The third-order valence-electron chi connectivity index (χ3n) is 2.40. The highest BCUT2D eigenvalue weighted by molar-refractivity contribution is 7.94. The van der Waals surface area contributed by atoms with E-state index in [0.29, 0.717) is 0 Å². The maximum absolute atomic E-state index is 12.1. The van der Waals surface area contributed by atoms with Crippen molar-refractivity contribution in [2.45, 2.75) is 17.6 Å². The first-order valence-corrected chi connectivity index (χ1v) is 7.72. The highest BCUT2D eigenvalue weighted by Crippen LogP contribution is 2.28. The summed E-state index contributed by atoms with van der Waals surface area (Å²) in [5, 5.41) is 9.55. The molecule has 0 aliphatic rings. The van der Waals surface area contributed by atoms with Gasteiger partial charge in [0.2, 0.25) is 0 Å². The normalized spacial score (nSPS) is 11.4. The predicted octanol–water partition coefficient (Wildman–Crippen LogP) is 2.82. The monoisotopic (exact) mass is 283 g/mol. The van der Waals surface area contributed by atoms with Crippen LogP contribution in [0, 0.1) is 0 Å². The van der Waals surface area contributed by atoms with E-state index in [2.05, 4.69) is 4.72 Å². The smallest absolute Gasteiger partial charge is 0.271 e. The molecule has 0 fully saturated rings. The lowest BCUT2D eigenvalue weighted by Crippen LogP contribution is -2.11. The number of anilines is 1. The highest BCUT2D eigenvalue weighted by atomic mass is 32.2. The van der Waals surface area contributed by atoms with Gasteiger partial charge in [0.15, 0.2) is 0 Å². The Morgan fingerprint density at radius 2 is 1.94 bits per heavy atom. The van der Waals surface area contributed by atoms with Crippen LogP contribution in [0.25, 0.3) is 0 Å². The van der Waals surface area contributed by atoms with E-state index in [1.165, 1.54) is 23.5 Å². The number of aryl methyl sites for hydroxylation is 1. The topological polar surface area (TPSA) is 66.4 Å². The number of hydrogen-bond donors (Lipinski definition) is 2. The molecule has 0 amide bonds. The second kappa shape index (κ2) is 4.99. The zero-order chi connectivity index (χ0) is 13.2. The molecule has 0 saturated carbocycles. The third-order valence-corrected chi connectivity index (χ3v) is 5.49. The standard InChI is InChI=1S/C12H13NO3S2/c1-2-9-7-8-12(17-9)18(15,16)13-10-5-3-4-6-11(10)14/h3-8,13-14H,2H2,1H3. The van der Waals surface area contributed by atoms with Gasteiger partial charge in [-0.05, 0) is 30.7 Å². The van der Waals surface area contributed by atoms with Gasteiger partial charge in [0.05, 0.1) is 5.69 Å². The summed E-state index contributed by atoms with van der Waals surface area (Å²) in [7, 11) is -3.62. The largest absolute Gasteiger partial charge is 0.506 e. The van der Waals surface area contributed by atoms with Crippen LogP contribution >= 0.6 is 11.3 Å². The SMILES string of the molecule is CCc1ccc(S(=O)(=O)Nc2ccccc2O)s1. The van der Waals surface area contributed by atoms with Crippen molar-refractivity contribution in [3.63, 3.8) is 0 Å². The number of nitrogens with one attached hydrogen (secondary N) is 1. The molecule has 2 aromatic rings. The molecule has 1 aromatic carbocycles. The molecule has 0 saturated heterocycles. The fourth-order valence-electron chi connectivity index (χ4n) is 1.45. The Morgan fingerprint density at radius 3 is 2.56 bits per heavy atom. The van der Waals surface area contributed by atoms with E-state index in [4.69, 9.17) is 0 Å². The molecule has 1 aromatic heterocycles. The summed E-state index contributed by atoms with van der Waals surface area (Å²) in [6, 6.07) is 9.61. The summed E-state index contributed by atoms with van der Waals surface area (Å²) in [6.45, 7) is 1.97. The molecule has 0 aliphatic carbocycles. The van der Waals surface area contributed by atoms with Crippen molar-refractivity contribution in [1.82, 2.24) is 0 Å². The van der Waals surface area contributed by atoms with Crippen LogP contribution in [0.3, 0.4) is 0 Å². The van der Waals surface area contributed by atoms with E-state index in [0.717, 1.165) is 11.3 Å². The molecule has 0 unspecified atom stereocenters. The molecule has 0 atom stereocenters. The van der Waals surface area contributed by atoms with Crippen LogP contribution in [-0.4, -0.2) is 13.5 Å². The number of hydrogen-bond acceptors (Lipinski definition) is 4. The van der Waals surface area contributed by atoms with E-state index in [1.807, 2.05) is 6.92 Å². The third kappa shape index (κ3) is 2.65. The number of para-hydroxylation sites is 2. The molecule has 0 radical (unpaired) electrons. The lowest BCUT2D eigenvalue weighted by atomic mass is 10.3. The lowest BCUT2D eigenvalue weighted by molar-refractivity contribution is 0.477. The molecular weight excluding hydrogens is 270 g/mol. The van der Waals surface area contributed by atoms with E-state index in [-0.39, 0.29) is 15.6 Å². The van der Waals surface area contributed by atoms with E-state index in [9.17, 15) is 13.5 Å². The molecule has 2 rings (SSSR count). The average Bonchev–Trinajstić information content (AvgIpc) is 2.81. The molecule has 2 N–H and O–H groups in total. The molecule has 0 bridgehead atoms. The summed E-state index contributed by atoms with van der Waals surface area (Å²) in [5.41, 5.74) is 0.184. The minimum absolute atomic E-state index is 0.0895. The first-order chi connectivity index (χ1) is 8.53. The van der Waals surface area contributed by atoms with Crippen LogP contribution in [0.1, 0.15) is 11.8 Å². The van der Waals surface area contributed by atoms with Gasteiger partial charge in [0.1, 0.15) is 9.96 Å². The van der Waals surface area contributed by atoms with Gasteiger partial charge in [0, 0.05) is 4.88 Å². The Hall–Kier alpha value is -1.53. The summed E-state index contributed by atoms with van der Waals surface area (Å²) < 4.78 is 26.8. The Morgan fingerprint density at radius 1 is 1.22 bits per heavy atom. The minimum atomic E-state index is -3.62. The van der Waals surface area contributed by atoms with Gasteiger partial charge >= 0.3 is 0 Å². The Bertz CT molecular complexity index is 647. The summed E-state index contributed by atoms with van der Waals surface area (Å²) >= 11 is 1.23. The minimum Gasteiger partial charge on any atom is -0.506 e. The summed E-state index contributed by atoms with van der Waals surface area (Å²) in [5.74, 6) is -0.0895. The van der Waals surface area contributed by atoms with Gasteiger partial charge in [-0.15, -0.1) is 11.3 Å². The van der Waals surface area contributed by atoms with E-state index < -0.39 is 10.0 Å². The number of sulfonamides is 1. The van der Waals surface area contributed by atoms with Crippen molar-refractivity contribution in [1.29, 1.82) is 0 Å². The number of phenols is 1. The Balaban J connectivity index is 2.30. The number of phenolic OH excluding ortho intramolecular Hbond substituents is 1. The average molecular weight is 283 g/mol. The van der Waals surface area contributed by atoms with Gasteiger partial charge in [-0.25, -0.2) is 8.42 Å². The van der Waals surface area contributed by atoms with Crippen molar-refractivity contribution < 1.29 is 13.5 Å². The first kappa shape index (κ1) is 12.9. The lowest BCUT2D eigenvalue weighted by Gasteiger charge is -2.07. The molecule has 18 heavy (non-hydrogen) atoms. The number of rotatable bonds is 4. The molecule has 1 heterocycles. The Labute approximate surface area is 110 Å². The van der Waals surface area contributed by atoms with Crippen molar-refractivity contribution in [2.24, 2.45) is 0 Å². The molecule has 6 heteroatoms. The molecule has 0 spiro atoms. The van der Waals surface area contributed by atoms with Crippen LogP contribution in [0.15, 0.2) is 40.6 Å². The molecule has 96 valence electrons. The Kier molecular flexibility index (Phi) is 3.58. The van der Waals surface area contributed by atoms with Gasteiger partial charge in [-0.1, -0.05) is 19.1 Å². The van der Waals surface area contributed by atoms with Gasteiger partial charge in [0.25, 0.3) is 10.0 Å². The summed E-state index contributed by atoms with van der Waals surface area (Å²) in [4.78, 5) is 1.01. The quantitative estimate of drug-likeness (QED) is 0.848. The van der Waals surface area contributed by atoms with Crippen LogP contribution in [0.4, 0.5) is 5.69 Å². The fourth-order valence-corrected chi connectivity index (χ4v) is 3.82. The fraction of sp³-hybridized carbons (Fsp3) is 0.167. The van der Waals surface area contributed by atoms with Crippen molar-refractivity contribution >= 4 is 27.0 Å². The number of benzene rings is 1. The van der Waals surface area contributed by atoms with Crippen LogP contribution in [0.5, 0.6) is 5.75 Å². The van der Waals surface area contributed by atoms with E-state index in [1.54, 1.807) is 24.3 Å². The summed E-state index contributed by atoms with van der Waals surface area (Å²) in [6.07, 6.45) is 0.802. The number of thiophene rings is 1. The maximum atomic E-state index is 12.1. The predicted molar refractivity (Wildman–Crippen MR) is 72.6 cm³/mol. The van der Waals surface area contributed by atoms with Gasteiger partial charge in [-0.3, -0.25) is 4.72 Å². The maximum Gasteiger partial charge on any atom is 0.271 e. The van der Waals surface area contributed by atoms with E-state index >= 15 is 0 Å². The second-order valence-corrected chi connectivity index (χ2v) is 6.77. The molecule has 0 aliphatic heterocycles. The highest BCUT2D eigenvalue weighted by Gasteiger charge is 2.17. The van der Waals surface area contributed by atoms with Crippen molar-refractivity contribution in [2.75, 3.05) is 4.72 Å². The van der Waals surface area contributed by atoms with Crippen molar-refractivity contribution in [3.8, 4) is 5.75 Å². The van der Waals surface area contributed by atoms with Crippen LogP contribution in [0.2, 0.25) is 0 Å². The van der Waals surface area contributed by atoms with Crippen LogP contribution in [-0.2, 0) is 16.4 Å². The van der Waals surface area contributed by atoms with Crippen LogP contribution < -0.4 is 4.72 Å². The number of aromatic hydroxyl groups is 1. The molecular formula is C12H13NO3S2. The second-order valence-electron chi connectivity index (χ2n) is 3.70. The van der Waals surface area contributed by atoms with Crippen molar-refractivity contribution in [3.05, 3.63) is 41.3 Å². The first-order valence-electron chi connectivity index (χ1n) is 5.42.